The Labute approximate surface area is 124 Å². The third-order valence-corrected chi connectivity index (χ3v) is 3.49. The molecule has 21 heavy (non-hydrogen) atoms. The standard InChI is InChI=1S/C16H21FN4/c1-5-13-15(18-4)20-9-21-16(13)19-8-12-6-10(2)14(17)11(3)7-12/h6-7,9H,5,8H2,1-4H3,(H2,18,19,20,21). The quantitative estimate of drug-likeness (QED) is 0.884. The molecule has 0 aliphatic heterocycles. The molecule has 2 aromatic rings. The van der Waals surface area contributed by atoms with E-state index in [1.54, 1.807) is 13.8 Å². The second kappa shape index (κ2) is 6.52. The highest BCUT2D eigenvalue weighted by atomic mass is 19.1. The summed E-state index contributed by atoms with van der Waals surface area (Å²) in [4.78, 5) is 8.51. The van der Waals surface area contributed by atoms with Crippen LogP contribution in [0.4, 0.5) is 16.0 Å². The van der Waals surface area contributed by atoms with E-state index in [2.05, 4.69) is 27.5 Å². The molecule has 0 aliphatic rings. The number of nitrogens with zero attached hydrogens (tertiary/aromatic N) is 2. The third kappa shape index (κ3) is 3.29. The highest BCUT2D eigenvalue weighted by Crippen LogP contribution is 2.21. The van der Waals surface area contributed by atoms with Crippen LogP contribution >= 0.6 is 0 Å². The van der Waals surface area contributed by atoms with Gasteiger partial charge in [-0.25, -0.2) is 14.4 Å². The fraction of sp³-hybridized carbons (Fsp3) is 0.375. The Morgan fingerprint density at radius 3 is 2.29 bits per heavy atom. The fourth-order valence-electron chi connectivity index (χ4n) is 2.44. The van der Waals surface area contributed by atoms with Gasteiger partial charge in [0, 0.05) is 19.2 Å². The molecule has 0 atom stereocenters. The summed E-state index contributed by atoms with van der Waals surface area (Å²) >= 11 is 0. The number of hydrogen-bond donors (Lipinski definition) is 2. The van der Waals surface area contributed by atoms with E-state index in [9.17, 15) is 4.39 Å². The van der Waals surface area contributed by atoms with Gasteiger partial charge in [-0.15, -0.1) is 0 Å². The largest absolute Gasteiger partial charge is 0.373 e. The van der Waals surface area contributed by atoms with Gasteiger partial charge in [-0.2, -0.15) is 0 Å². The third-order valence-electron chi connectivity index (χ3n) is 3.49. The highest BCUT2D eigenvalue weighted by Gasteiger charge is 2.09. The molecule has 1 heterocycles. The molecule has 0 radical (unpaired) electrons. The van der Waals surface area contributed by atoms with Crippen LogP contribution in [0, 0.1) is 19.7 Å². The molecule has 0 spiro atoms. The molecule has 2 N–H and O–H groups in total. The van der Waals surface area contributed by atoms with Crippen LogP contribution in [0.1, 0.15) is 29.2 Å². The van der Waals surface area contributed by atoms with Gasteiger partial charge in [0.05, 0.1) is 0 Å². The lowest BCUT2D eigenvalue weighted by atomic mass is 10.1. The van der Waals surface area contributed by atoms with Crippen molar-refractivity contribution < 1.29 is 4.39 Å². The summed E-state index contributed by atoms with van der Waals surface area (Å²) in [6.45, 7) is 6.24. The maximum absolute atomic E-state index is 13.6. The van der Waals surface area contributed by atoms with Gasteiger partial charge in [-0.1, -0.05) is 19.1 Å². The van der Waals surface area contributed by atoms with Crippen LogP contribution in [0.5, 0.6) is 0 Å². The van der Waals surface area contributed by atoms with Gasteiger partial charge >= 0.3 is 0 Å². The molecule has 0 fully saturated rings. The fourth-order valence-corrected chi connectivity index (χ4v) is 2.44. The lowest BCUT2D eigenvalue weighted by molar-refractivity contribution is 0.608. The van der Waals surface area contributed by atoms with Crippen LogP contribution in [0.2, 0.25) is 0 Å². The van der Waals surface area contributed by atoms with E-state index in [0.717, 1.165) is 29.2 Å². The van der Waals surface area contributed by atoms with E-state index in [1.807, 2.05) is 19.2 Å². The molecule has 0 amide bonds. The molecule has 1 aromatic carbocycles. The number of anilines is 2. The minimum Gasteiger partial charge on any atom is -0.373 e. The molecule has 1 aromatic heterocycles. The summed E-state index contributed by atoms with van der Waals surface area (Å²) in [5.74, 6) is 1.52. The molecule has 0 aliphatic carbocycles. The van der Waals surface area contributed by atoms with E-state index >= 15 is 0 Å². The van der Waals surface area contributed by atoms with Crippen LogP contribution in [-0.2, 0) is 13.0 Å². The van der Waals surface area contributed by atoms with Crippen molar-refractivity contribution in [2.24, 2.45) is 0 Å². The summed E-state index contributed by atoms with van der Waals surface area (Å²) in [5.41, 5.74) is 3.43. The Balaban J connectivity index is 2.20. The molecule has 2 rings (SSSR count). The molecular weight excluding hydrogens is 267 g/mol. The van der Waals surface area contributed by atoms with Crippen molar-refractivity contribution >= 4 is 11.6 Å². The lowest BCUT2D eigenvalue weighted by Gasteiger charge is -2.13. The first-order valence-electron chi connectivity index (χ1n) is 7.08. The van der Waals surface area contributed by atoms with E-state index in [4.69, 9.17) is 0 Å². The van der Waals surface area contributed by atoms with Crippen LogP contribution < -0.4 is 10.6 Å². The number of hydrogen-bond acceptors (Lipinski definition) is 4. The minimum atomic E-state index is -0.132. The smallest absolute Gasteiger partial charge is 0.134 e. The highest BCUT2D eigenvalue weighted by molar-refractivity contribution is 5.57. The van der Waals surface area contributed by atoms with Crippen molar-refractivity contribution in [1.29, 1.82) is 0 Å². The summed E-state index contributed by atoms with van der Waals surface area (Å²) in [7, 11) is 1.85. The van der Waals surface area contributed by atoms with Gasteiger partial charge in [0.25, 0.3) is 0 Å². The van der Waals surface area contributed by atoms with E-state index in [0.29, 0.717) is 17.7 Å². The Kier molecular flexibility index (Phi) is 4.73. The number of aryl methyl sites for hydroxylation is 2. The second-order valence-corrected chi connectivity index (χ2v) is 5.05. The van der Waals surface area contributed by atoms with E-state index < -0.39 is 0 Å². The van der Waals surface area contributed by atoms with Crippen LogP contribution in [0.15, 0.2) is 18.5 Å². The van der Waals surface area contributed by atoms with Crippen molar-refractivity contribution in [3.05, 3.63) is 46.5 Å². The predicted molar refractivity (Wildman–Crippen MR) is 84.2 cm³/mol. The van der Waals surface area contributed by atoms with Crippen molar-refractivity contribution in [1.82, 2.24) is 9.97 Å². The molecule has 112 valence electrons. The van der Waals surface area contributed by atoms with E-state index in [1.165, 1.54) is 6.33 Å². The Hall–Kier alpha value is -2.17. The zero-order chi connectivity index (χ0) is 15.4. The minimum absolute atomic E-state index is 0.132. The van der Waals surface area contributed by atoms with Gasteiger partial charge in [0.2, 0.25) is 0 Å². The first-order valence-corrected chi connectivity index (χ1v) is 7.08. The van der Waals surface area contributed by atoms with Gasteiger partial charge in [0.1, 0.15) is 23.8 Å². The van der Waals surface area contributed by atoms with Crippen LogP contribution in [-0.4, -0.2) is 17.0 Å². The maximum atomic E-state index is 13.6. The molecule has 0 unspecified atom stereocenters. The van der Waals surface area contributed by atoms with Gasteiger partial charge in [-0.05, 0) is 37.0 Å². The normalized spacial score (nSPS) is 10.5. The molecular formula is C16H21FN4. The summed E-state index contributed by atoms with van der Waals surface area (Å²) in [6, 6.07) is 3.72. The zero-order valence-electron chi connectivity index (χ0n) is 12.9. The van der Waals surface area contributed by atoms with Crippen molar-refractivity contribution in [2.45, 2.75) is 33.7 Å². The Bertz CT molecular complexity index is 617. The molecule has 0 saturated carbocycles. The zero-order valence-corrected chi connectivity index (χ0v) is 12.9. The van der Waals surface area contributed by atoms with Gasteiger partial charge in [-0.3, -0.25) is 0 Å². The van der Waals surface area contributed by atoms with Gasteiger partial charge < -0.3 is 10.6 Å². The van der Waals surface area contributed by atoms with Gasteiger partial charge in [0.15, 0.2) is 0 Å². The second-order valence-electron chi connectivity index (χ2n) is 5.05. The summed E-state index contributed by atoms with van der Waals surface area (Å²) in [5, 5.41) is 6.39. The first kappa shape index (κ1) is 15.2. The first-order chi connectivity index (χ1) is 10.1. The lowest BCUT2D eigenvalue weighted by Crippen LogP contribution is -2.08. The number of nitrogens with one attached hydrogen (secondary N) is 2. The summed E-state index contributed by atoms with van der Waals surface area (Å²) < 4.78 is 13.6. The molecule has 0 bridgehead atoms. The van der Waals surface area contributed by atoms with Crippen LogP contribution in [0.25, 0.3) is 0 Å². The van der Waals surface area contributed by atoms with Crippen molar-refractivity contribution in [3.63, 3.8) is 0 Å². The molecule has 4 nitrogen and oxygen atoms in total. The Morgan fingerprint density at radius 2 is 1.71 bits per heavy atom. The average molecular weight is 288 g/mol. The maximum Gasteiger partial charge on any atom is 0.134 e. The van der Waals surface area contributed by atoms with Crippen molar-refractivity contribution in [2.75, 3.05) is 17.7 Å². The molecule has 0 saturated heterocycles. The number of aromatic nitrogens is 2. The van der Waals surface area contributed by atoms with Crippen LogP contribution in [0.3, 0.4) is 0 Å². The van der Waals surface area contributed by atoms with E-state index in [-0.39, 0.29) is 5.82 Å². The number of rotatable bonds is 5. The SMILES string of the molecule is CCc1c(NC)ncnc1NCc1cc(C)c(F)c(C)c1. The average Bonchev–Trinajstić information content (AvgIpc) is 2.49. The number of halogens is 1. The summed E-state index contributed by atoms with van der Waals surface area (Å²) in [6.07, 6.45) is 2.37. The topological polar surface area (TPSA) is 49.8 Å². The monoisotopic (exact) mass is 288 g/mol. The Morgan fingerprint density at radius 1 is 1.10 bits per heavy atom. The molecule has 5 heteroatoms. The number of benzene rings is 1. The predicted octanol–water partition coefficient (Wildman–Crippen LogP) is 3.45. The van der Waals surface area contributed by atoms with Crippen molar-refractivity contribution in [3.8, 4) is 0 Å².